The number of carbonyl (C=O) groups excluding carboxylic acids is 1. The number of nitrogens with one attached hydrogen (secondary N) is 1. The maximum atomic E-state index is 12.7. The Kier molecular flexibility index (Phi) is 4.75. The van der Waals surface area contributed by atoms with Crippen LogP contribution in [0.1, 0.15) is 26.3 Å². The van der Waals surface area contributed by atoms with Gasteiger partial charge < -0.3 is 15.2 Å². The lowest BCUT2D eigenvalue weighted by atomic mass is 9.94. The van der Waals surface area contributed by atoms with E-state index in [0.29, 0.717) is 11.3 Å². The number of ether oxygens (including phenoxy) is 1. The molecule has 1 unspecified atom stereocenters. The predicted molar refractivity (Wildman–Crippen MR) is 88.6 cm³/mol. The molecule has 1 aromatic carbocycles. The van der Waals surface area contributed by atoms with Gasteiger partial charge in [-0.25, -0.2) is 4.79 Å². The van der Waals surface area contributed by atoms with Gasteiger partial charge in [-0.15, -0.1) is 0 Å². The smallest absolute Gasteiger partial charge is 0.331 e. The molecule has 0 aliphatic rings. The molecule has 0 spiro atoms. The monoisotopic (exact) mass is 331 g/mol. The van der Waals surface area contributed by atoms with Crippen molar-refractivity contribution in [3.8, 4) is 0 Å². The Morgan fingerprint density at radius 1 is 1.21 bits per heavy atom. The zero-order valence-corrected chi connectivity index (χ0v) is 14.1. The third-order valence-corrected chi connectivity index (χ3v) is 4.10. The number of nitrogens with zero attached hydrogens (tertiary/aromatic N) is 2. The second-order valence-electron chi connectivity index (χ2n) is 6.10. The Morgan fingerprint density at radius 2 is 1.83 bits per heavy atom. The lowest BCUT2D eigenvalue weighted by Gasteiger charge is -2.27. The normalized spacial score (nSPS) is 14.0. The van der Waals surface area contributed by atoms with Crippen LogP contribution in [0.25, 0.3) is 0 Å². The molecule has 1 atom stereocenters. The number of hydrogen-bond acceptors (Lipinski definition) is 4. The SMILES string of the molecule is COC(C)(C(=O)Nc1cnn(C(C)(C)C(=O)O)c1)c1ccccc1. The second-order valence-corrected chi connectivity index (χ2v) is 6.10. The van der Waals surface area contributed by atoms with Crippen molar-refractivity contribution in [3.63, 3.8) is 0 Å². The summed E-state index contributed by atoms with van der Waals surface area (Å²) >= 11 is 0. The summed E-state index contributed by atoms with van der Waals surface area (Å²) in [6.45, 7) is 4.72. The van der Waals surface area contributed by atoms with Gasteiger partial charge in [0.25, 0.3) is 5.91 Å². The standard InChI is InChI=1S/C17H21N3O4/c1-16(2,15(22)23)20-11-13(10-18-20)19-14(21)17(3,24-4)12-8-6-5-7-9-12/h5-11H,1-4H3,(H,19,21)(H,22,23). The van der Waals surface area contributed by atoms with E-state index in [2.05, 4.69) is 10.4 Å². The predicted octanol–water partition coefficient (Wildman–Crippen LogP) is 2.20. The molecule has 0 fully saturated rings. The summed E-state index contributed by atoms with van der Waals surface area (Å²) in [4.78, 5) is 23.9. The van der Waals surface area contributed by atoms with Gasteiger partial charge in [-0.3, -0.25) is 9.48 Å². The highest BCUT2D eigenvalue weighted by Crippen LogP contribution is 2.26. The van der Waals surface area contributed by atoms with Gasteiger partial charge in [0.05, 0.1) is 11.9 Å². The summed E-state index contributed by atoms with van der Waals surface area (Å²) in [6, 6.07) is 9.12. The minimum Gasteiger partial charge on any atom is -0.479 e. The lowest BCUT2D eigenvalue weighted by molar-refractivity contribution is -0.146. The molecule has 2 aromatic rings. The van der Waals surface area contributed by atoms with Gasteiger partial charge in [0.2, 0.25) is 0 Å². The van der Waals surface area contributed by atoms with Gasteiger partial charge in [-0.2, -0.15) is 5.10 Å². The fourth-order valence-corrected chi connectivity index (χ4v) is 2.14. The van der Waals surface area contributed by atoms with E-state index in [1.54, 1.807) is 19.1 Å². The van der Waals surface area contributed by atoms with Gasteiger partial charge >= 0.3 is 5.97 Å². The molecule has 0 bridgehead atoms. The number of methoxy groups -OCH3 is 1. The molecular formula is C17H21N3O4. The molecule has 0 saturated carbocycles. The highest BCUT2D eigenvalue weighted by Gasteiger charge is 2.36. The van der Waals surface area contributed by atoms with Gasteiger partial charge in [0, 0.05) is 13.3 Å². The van der Waals surface area contributed by atoms with Crippen LogP contribution in [0.4, 0.5) is 5.69 Å². The first-order valence-electron chi connectivity index (χ1n) is 7.42. The molecule has 1 heterocycles. The summed E-state index contributed by atoms with van der Waals surface area (Å²) in [6.07, 6.45) is 2.89. The number of carbonyl (C=O) groups is 2. The van der Waals surface area contributed by atoms with Crippen LogP contribution < -0.4 is 5.32 Å². The summed E-state index contributed by atoms with van der Waals surface area (Å²) in [7, 11) is 1.46. The van der Waals surface area contributed by atoms with Gasteiger partial charge in [0.15, 0.2) is 11.1 Å². The zero-order chi connectivity index (χ0) is 18.0. The summed E-state index contributed by atoms with van der Waals surface area (Å²) in [5, 5.41) is 16.0. The number of carboxylic acid groups (broad SMARTS) is 1. The summed E-state index contributed by atoms with van der Waals surface area (Å²) < 4.78 is 6.73. The molecule has 24 heavy (non-hydrogen) atoms. The van der Waals surface area contributed by atoms with Gasteiger partial charge in [0.1, 0.15) is 0 Å². The van der Waals surface area contributed by atoms with Crippen molar-refractivity contribution in [1.82, 2.24) is 9.78 Å². The molecule has 2 rings (SSSR count). The van der Waals surface area contributed by atoms with E-state index >= 15 is 0 Å². The Labute approximate surface area is 140 Å². The minimum atomic E-state index is -1.22. The number of aliphatic carboxylic acids is 1. The molecule has 0 saturated heterocycles. The van der Waals surface area contributed by atoms with Crippen LogP contribution in [0.2, 0.25) is 0 Å². The molecule has 128 valence electrons. The van der Waals surface area contributed by atoms with Crippen LogP contribution in [0.15, 0.2) is 42.7 Å². The quantitative estimate of drug-likeness (QED) is 0.846. The van der Waals surface area contributed by atoms with E-state index in [4.69, 9.17) is 4.74 Å². The van der Waals surface area contributed by atoms with Crippen LogP contribution in [-0.4, -0.2) is 33.9 Å². The highest BCUT2D eigenvalue weighted by molar-refractivity contribution is 5.97. The molecule has 7 nitrogen and oxygen atoms in total. The number of aromatic nitrogens is 2. The Hall–Kier alpha value is -2.67. The third kappa shape index (κ3) is 3.16. The van der Waals surface area contributed by atoms with Crippen molar-refractivity contribution in [2.75, 3.05) is 12.4 Å². The van der Waals surface area contributed by atoms with Crippen LogP contribution >= 0.6 is 0 Å². The fraction of sp³-hybridized carbons (Fsp3) is 0.353. The van der Waals surface area contributed by atoms with Gasteiger partial charge in [-0.05, 0) is 26.3 Å². The average Bonchev–Trinajstić information content (AvgIpc) is 3.03. The average molecular weight is 331 g/mol. The first kappa shape index (κ1) is 17.7. The number of carboxylic acids is 1. The number of rotatable bonds is 6. The molecule has 7 heteroatoms. The first-order valence-corrected chi connectivity index (χ1v) is 7.42. The fourth-order valence-electron chi connectivity index (χ4n) is 2.14. The van der Waals surface area contributed by atoms with E-state index in [1.165, 1.54) is 38.0 Å². The maximum Gasteiger partial charge on any atom is 0.331 e. The van der Waals surface area contributed by atoms with E-state index in [0.717, 1.165) is 0 Å². The van der Waals surface area contributed by atoms with Crippen molar-refractivity contribution in [2.24, 2.45) is 0 Å². The van der Waals surface area contributed by atoms with Crippen molar-refractivity contribution < 1.29 is 19.4 Å². The van der Waals surface area contributed by atoms with E-state index in [1.807, 2.05) is 18.2 Å². The minimum absolute atomic E-state index is 0.371. The summed E-state index contributed by atoms with van der Waals surface area (Å²) in [5.74, 6) is -1.39. The maximum absolute atomic E-state index is 12.7. The van der Waals surface area contributed by atoms with E-state index < -0.39 is 17.1 Å². The Bertz CT molecular complexity index is 739. The highest BCUT2D eigenvalue weighted by atomic mass is 16.5. The van der Waals surface area contributed by atoms with Crippen molar-refractivity contribution in [3.05, 3.63) is 48.3 Å². The largest absolute Gasteiger partial charge is 0.479 e. The first-order chi connectivity index (χ1) is 11.2. The molecular weight excluding hydrogens is 310 g/mol. The van der Waals surface area contributed by atoms with Crippen LogP contribution in [-0.2, 0) is 25.5 Å². The van der Waals surface area contributed by atoms with E-state index in [9.17, 15) is 14.7 Å². The molecule has 1 aromatic heterocycles. The molecule has 1 amide bonds. The number of benzene rings is 1. The molecule has 0 aliphatic carbocycles. The Balaban J connectivity index is 2.23. The molecule has 0 aliphatic heterocycles. The second kappa shape index (κ2) is 6.45. The van der Waals surface area contributed by atoms with Gasteiger partial charge in [-0.1, -0.05) is 30.3 Å². The van der Waals surface area contributed by atoms with Crippen LogP contribution in [0, 0.1) is 0 Å². The topological polar surface area (TPSA) is 93.5 Å². The molecule has 0 radical (unpaired) electrons. The number of amides is 1. The van der Waals surface area contributed by atoms with Crippen LogP contribution in [0.3, 0.4) is 0 Å². The van der Waals surface area contributed by atoms with Crippen molar-refractivity contribution >= 4 is 17.6 Å². The lowest BCUT2D eigenvalue weighted by Crippen LogP contribution is -2.39. The number of hydrogen-bond donors (Lipinski definition) is 2. The van der Waals surface area contributed by atoms with E-state index in [-0.39, 0.29) is 5.91 Å². The van der Waals surface area contributed by atoms with Crippen LogP contribution in [0.5, 0.6) is 0 Å². The molecule has 2 N–H and O–H groups in total. The zero-order valence-electron chi connectivity index (χ0n) is 14.1. The number of anilines is 1. The Morgan fingerprint density at radius 3 is 2.38 bits per heavy atom. The van der Waals surface area contributed by atoms with Crippen molar-refractivity contribution in [1.29, 1.82) is 0 Å². The third-order valence-electron chi connectivity index (χ3n) is 4.10. The van der Waals surface area contributed by atoms with Crippen molar-refractivity contribution in [2.45, 2.75) is 31.9 Å². The summed E-state index contributed by atoms with van der Waals surface area (Å²) in [5.41, 5.74) is -1.28.